The van der Waals surface area contributed by atoms with Crippen LogP contribution in [0.5, 0.6) is 0 Å². The third-order valence-corrected chi connectivity index (χ3v) is 6.22. The number of hydroxylamine groups is 1. The third-order valence-electron chi connectivity index (χ3n) is 6.22. The van der Waals surface area contributed by atoms with Crippen molar-refractivity contribution in [2.45, 2.75) is 63.7 Å². The lowest BCUT2D eigenvalue weighted by atomic mass is 9.85. The summed E-state index contributed by atoms with van der Waals surface area (Å²) in [7, 11) is 0. The van der Waals surface area contributed by atoms with E-state index in [1.165, 1.54) is 12.1 Å². The van der Waals surface area contributed by atoms with Crippen LogP contribution in [0.25, 0.3) is 6.08 Å². The number of alkyl halides is 6. The molecule has 12 heteroatoms. The largest absolute Gasteiger partial charge is 0.416 e. The second kappa shape index (κ2) is 12.5. The van der Waals surface area contributed by atoms with Crippen LogP contribution in [0.1, 0.15) is 77.6 Å². The smallest absolute Gasteiger partial charge is 0.326 e. The molecule has 0 fully saturated rings. The van der Waals surface area contributed by atoms with Gasteiger partial charge in [0.2, 0.25) is 11.8 Å². The van der Waals surface area contributed by atoms with E-state index in [4.69, 9.17) is 5.21 Å². The maximum atomic E-state index is 13.2. The molecule has 0 bridgehead atoms. The number of anilines is 1. The summed E-state index contributed by atoms with van der Waals surface area (Å²) in [6.07, 6.45) is -5.45. The number of Topliss-reactive ketones (excluding diaryl/α,β-unsaturated/α-hetero) is 1. The first-order chi connectivity index (χ1) is 18.3. The third kappa shape index (κ3) is 8.41. The highest BCUT2D eigenvalue weighted by atomic mass is 19.4. The molecule has 0 radical (unpaired) electrons. The average molecular weight is 557 g/mol. The fourth-order valence-corrected chi connectivity index (χ4v) is 4.26. The number of carbonyl (C=O) groups is 3. The Labute approximate surface area is 220 Å². The Morgan fingerprint density at radius 1 is 0.821 bits per heavy atom. The number of aryl methyl sites for hydroxylation is 1. The molecular formula is C27H26F6N2O4. The summed E-state index contributed by atoms with van der Waals surface area (Å²) in [5, 5.41) is 11.2. The van der Waals surface area contributed by atoms with E-state index in [0.29, 0.717) is 42.6 Å². The van der Waals surface area contributed by atoms with Crippen LogP contribution in [0.2, 0.25) is 0 Å². The zero-order chi connectivity index (χ0) is 28.8. The summed E-state index contributed by atoms with van der Waals surface area (Å²) < 4.78 is 79.0. The minimum atomic E-state index is -4.99. The molecule has 0 unspecified atom stereocenters. The Morgan fingerprint density at radius 2 is 1.41 bits per heavy atom. The van der Waals surface area contributed by atoms with Gasteiger partial charge in [-0.3, -0.25) is 19.6 Å². The Bertz CT molecular complexity index is 1240. The Kier molecular flexibility index (Phi) is 9.54. The number of benzene rings is 2. The number of amides is 2. The molecule has 0 atom stereocenters. The molecule has 3 rings (SSSR count). The molecule has 3 N–H and O–H groups in total. The van der Waals surface area contributed by atoms with Crippen molar-refractivity contribution in [3.8, 4) is 0 Å². The molecule has 1 aliphatic rings. The van der Waals surface area contributed by atoms with Crippen molar-refractivity contribution in [2.24, 2.45) is 0 Å². The van der Waals surface area contributed by atoms with Crippen molar-refractivity contribution in [3.05, 3.63) is 69.8 Å². The van der Waals surface area contributed by atoms with Crippen molar-refractivity contribution in [1.82, 2.24) is 5.48 Å². The van der Waals surface area contributed by atoms with Crippen LogP contribution in [-0.2, 0) is 28.4 Å². The summed E-state index contributed by atoms with van der Waals surface area (Å²) in [5.74, 6) is -1.21. The van der Waals surface area contributed by atoms with Gasteiger partial charge in [-0.05, 0) is 79.3 Å². The van der Waals surface area contributed by atoms with Crippen molar-refractivity contribution in [1.29, 1.82) is 0 Å². The lowest BCUT2D eigenvalue weighted by Gasteiger charge is -2.19. The Balaban J connectivity index is 1.66. The van der Waals surface area contributed by atoms with Gasteiger partial charge in [-0.25, -0.2) is 5.48 Å². The maximum absolute atomic E-state index is 13.2. The van der Waals surface area contributed by atoms with E-state index in [0.717, 1.165) is 18.9 Å². The summed E-state index contributed by atoms with van der Waals surface area (Å²) in [5.41, 5.74) is -0.309. The first kappa shape index (κ1) is 29.9. The van der Waals surface area contributed by atoms with E-state index in [1.807, 2.05) is 0 Å². The van der Waals surface area contributed by atoms with E-state index in [2.05, 4.69) is 5.32 Å². The summed E-state index contributed by atoms with van der Waals surface area (Å²) in [6.45, 7) is 0. The van der Waals surface area contributed by atoms with Gasteiger partial charge in [0, 0.05) is 29.7 Å². The monoisotopic (exact) mass is 556 g/mol. The topological polar surface area (TPSA) is 95.5 Å². The van der Waals surface area contributed by atoms with Gasteiger partial charge in [0.1, 0.15) is 0 Å². The number of nitrogens with one attached hydrogen (secondary N) is 2. The summed E-state index contributed by atoms with van der Waals surface area (Å²) in [4.78, 5) is 36.2. The quantitative estimate of drug-likeness (QED) is 0.105. The van der Waals surface area contributed by atoms with Crippen LogP contribution in [0.3, 0.4) is 0 Å². The number of halogens is 6. The first-order valence-corrected chi connectivity index (χ1v) is 12.2. The van der Waals surface area contributed by atoms with Gasteiger partial charge >= 0.3 is 12.4 Å². The summed E-state index contributed by atoms with van der Waals surface area (Å²) in [6, 6.07) is 5.80. The number of ketones is 1. The molecule has 6 nitrogen and oxygen atoms in total. The lowest BCUT2D eigenvalue weighted by Crippen LogP contribution is -2.17. The van der Waals surface area contributed by atoms with Crippen LogP contribution in [-0.4, -0.2) is 22.8 Å². The second-order valence-corrected chi connectivity index (χ2v) is 9.21. The van der Waals surface area contributed by atoms with Crippen molar-refractivity contribution in [3.63, 3.8) is 0 Å². The lowest BCUT2D eigenvalue weighted by molar-refractivity contribution is -0.143. The van der Waals surface area contributed by atoms with Gasteiger partial charge in [-0.1, -0.05) is 12.8 Å². The van der Waals surface area contributed by atoms with Crippen molar-refractivity contribution in [2.75, 3.05) is 5.32 Å². The minimum absolute atomic E-state index is 0.0367. The number of unbranched alkanes of at least 4 members (excludes halogenated alkanes) is 3. The van der Waals surface area contributed by atoms with Crippen LogP contribution in [0.15, 0.2) is 42.0 Å². The van der Waals surface area contributed by atoms with Crippen LogP contribution < -0.4 is 10.8 Å². The van der Waals surface area contributed by atoms with E-state index in [1.54, 1.807) is 11.5 Å². The second-order valence-electron chi connectivity index (χ2n) is 9.21. The maximum Gasteiger partial charge on any atom is 0.416 e. The average Bonchev–Trinajstić information content (AvgIpc) is 2.86. The predicted octanol–water partition coefficient (Wildman–Crippen LogP) is 6.72. The fraction of sp³-hybridized carbons (Fsp3) is 0.370. The van der Waals surface area contributed by atoms with E-state index in [9.17, 15) is 40.7 Å². The highest BCUT2D eigenvalue weighted by molar-refractivity contribution is 6.13. The van der Waals surface area contributed by atoms with Gasteiger partial charge in [0.05, 0.1) is 11.1 Å². The molecule has 1 aliphatic carbocycles. The number of allylic oxidation sites excluding steroid dienone is 1. The molecule has 0 spiro atoms. The van der Waals surface area contributed by atoms with Gasteiger partial charge in [-0.2, -0.15) is 26.3 Å². The minimum Gasteiger partial charge on any atom is -0.326 e. The van der Waals surface area contributed by atoms with Crippen molar-refractivity contribution < 1.29 is 45.9 Å². The highest BCUT2D eigenvalue weighted by Crippen LogP contribution is 2.37. The van der Waals surface area contributed by atoms with Crippen LogP contribution >= 0.6 is 0 Å². The zero-order valence-electron chi connectivity index (χ0n) is 20.6. The van der Waals surface area contributed by atoms with Gasteiger partial charge < -0.3 is 5.32 Å². The zero-order valence-corrected chi connectivity index (χ0v) is 20.6. The van der Waals surface area contributed by atoms with Crippen LogP contribution in [0.4, 0.5) is 32.0 Å². The molecule has 0 saturated heterocycles. The molecule has 2 aromatic rings. The SMILES string of the molecule is O=C(CCCCCCC(=O)Nc1ccc2c(c1)CC/C(=C\c1cc(C(F)(F)F)cc(C(F)(F)F)c1)C2=O)NO. The van der Waals surface area contributed by atoms with Gasteiger partial charge in [-0.15, -0.1) is 0 Å². The number of hydrogen-bond donors (Lipinski definition) is 3. The molecule has 2 aromatic carbocycles. The van der Waals surface area contributed by atoms with E-state index in [-0.39, 0.29) is 47.9 Å². The normalized spacial score (nSPS) is 14.7. The fourth-order valence-electron chi connectivity index (χ4n) is 4.26. The van der Waals surface area contributed by atoms with Gasteiger partial charge in [0.15, 0.2) is 5.78 Å². The van der Waals surface area contributed by atoms with E-state index < -0.39 is 35.2 Å². The van der Waals surface area contributed by atoms with Gasteiger partial charge in [0.25, 0.3) is 0 Å². The molecule has 39 heavy (non-hydrogen) atoms. The molecule has 2 amide bonds. The van der Waals surface area contributed by atoms with E-state index >= 15 is 0 Å². The highest BCUT2D eigenvalue weighted by Gasteiger charge is 2.37. The number of rotatable bonds is 9. The van der Waals surface area contributed by atoms with Crippen molar-refractivity contribution >= 4 is 29.4 Å². The molecule has 0 aliphatic heterocycles. The predicted molar refractivity (Wildman–Crippen MR) is 130 cm³/mol. The Morgan fingerprint density at radius 3 is 1.97 bits per heavy atom. The first-order valence-electron chi connectivity index (χ1n) is 12.2. The molecular weight excluding hydrogens is 530 g/mol. The Hall–Kier alpha value is -3.67. The molecule has 0 saturated carbocycles. The number of carbonyl (C=O) groups excluding carboxylic acids is 3. The summed E-state index contributed by atoms with van der Waals surface area (Å²) >= 11 is 0. The molecule has 0 heterocycles. The standard InChI is InChI=1S/C27H26F6N2O4/c28-26(29,30)19-12-16(13-20(15-19)27(31,32)33)11-18-8-7-17-14-21(9-10-22(17)25(18)38)34-23(36)5-3-1-2-4-6-24(37)35-39/h9-15,39H,1-8H2,(H,34,36)(H,35,37)/b18-11+. The number of hydrogen-bond acceptors (Lipinski definition) is 4. The van der Waals surface area contributed by atoms with Crippen LogP contribution in [0, 0.1) is 0 Å². The molecule has 210 valence electrons. The molecule has 0 aromatic heterocycles. The number of fused-ring (bicyclic) bond motifs is 1.